The van der Waals surface area contributed by atoms with E-state index in [0.29, 0.717) is 16.3 Å². The molecule has 2 rings (SSSR count). The standard InChI is InChI=1S/C14H11BrClFOS/c15-9-1-4-11(5-2-9)19-8-14(18)12-7-10(17)3-6-13(12)16/h1-7,14,18H,8H2. The summed E-state index contributed by atoms with van der Waals surface area (Å²) >= 11 is 10.8. The second-order valence-corrected chi connectivity index (χ2v) is 6.36. The maximum Gasteiger partial charge on any atom is 0.123 e. The first-order valence-electron chi connectivity index (χ1n) is 5.57. The van der Waals surface area contributed by atoms with Crippen molar-refractivity contribution < 1.29 is 9.50 Å². The van der Waals surface area contributed by atoms with Gasteiger partial charge < -0.3 is 5.11 Å². The van der Waals surface area contributed by atoms with Crippen LogP contribution in [0.4, 0.5) is 4.39 Å². The number of benzene rings is 2. The Kier molecular flexibility index (Phi) is 5.28. The van der Waals surface area contributed by atoms with Crippen LogP contribution in [0.15, 0.2) is 51.8 Å². The highest BCUT2D eigenvalue weighted by Crippen LogP contribution is 2.29. The molecule has 0 spiro atoms. The average Bonchev–Trinajstić information content (AvgIpc) is 2.40. The monoisotopic (exact) mass is 360 g/mol. The summed E-state index contributed by atoms with van der Waals surface area (Å²) in [4.78, 5) is 1.04. The molecule has 0 fully saturated rings. The number of hydrogen-bond donors (Lipinski definition) is 1. The molecule has 1 atom stereocenters. The van der Waals surface area contributed by atoms with Crippen molar-refractivity contribution in [1.29, 1.82) is 0 Å². The van der Waals surface area contributed by atoms with Crippen molar-refractivity contribution in [1.82, 2.24) is 0 Å². The van der Waals surface area contributed by atoms with Crippen molar-refractivity contribution >= 4 is 39.3 Å². The lowest BCUT2D eigenvalue weighted by Crippen LogP contribution is -2.02. The minimum atomic E-state index is -0.795. The third kappa shape index (κ3) is 4.21. The molecule has 1 unspecified atom stereocenters. The fourth-order valence-electron chi connectivity index (χ4n) is 1.57. The zero-order valence-corrected chi connectivity index (χ0v) is 13.0. The Morgan fingerprint density at radius 1 is 1.21 bits per heavy atom. The quantitative estimate of drug-likeness (QED) is 0.767. The van der Waals surface area contributed by atoms with Crippen molar-refractivity contribution in [3.8, 4) is 0 Å². The maximum atomic E-state index is 13.1. The first-order chi connectivity index (χ1) is 9.06. The van der Waals surface area contributed by atoms with E-state index in [2.05, 4.69) is 15.9 Å². The summed E-state index contributed by atoms with van der Waals surface area (Å²) in [6.45, 7) is 0. The van der Waals surface area contributed by atoms with Gasteiger partial charge in [0.1, 0.15) is 5.82 Å². The largest absolute Gasteiger partial charge is 0.387 e. The first-order valence-corrected chi connectivity index (χ1v) is 7.73. The van der Waals surface area contributed by atoms with Crippen molar-refractivity contribution in [2.24, 2.45) is 0 Å². The van der Waals surface area contributed by atoms with E-state index in [-0.39, 0.29) is 0 Å². The minimum Gasteiger partial charge on any atom is -0.387 e. The normalized spacial score (nSPS) is 12.4. The molecule has 0 saturated carbocycles. The zero-order valence-electron chi connectivity index (χ0n) is 9.82. The van der Waals surface area contributed by atoms with Crippen LogP contribution < -0.4 is 0 Å². The van der Waals surface area contributed by atoms with Crippen LogP contribution in [0.3, 0.4) is 0 Å². The lowest BCUT2D eigenvalue weighted by atomic mass is 10.1. The molecule has 5 heteroatoms. The molecule has 0 aliphatic carbocycles. The summed E-state index contributed by atoms with van der Waals surface area (Å²) in [7, 11) is 0. The summed E-state index contributed by atoms with van der Waals surface area (Å²) in [6.07, 6.45) is -0.795. The lowest BCUT2D eigenvalue weighted by Gasteiger charge is -2.12. The molecular weight excluding hydrogens is 351 g/mol. The summed E-state index contributed by atoms with van der Waals surface area (Å²) < 4.78 is 14.1. The van der Waals surface area contributed by atoms with Gasteiger partial charge in [-0.3, -0.25) is 0 Å². The molecule has 0 bridgehead atoms. The minimum absolute atomic E-state index is 0.380. The van der Waals surface area contributed by atoms with Gasteiger partial charge in [-0.25, -0.2) is 4.39 Å². The molecule has 19 heavy (non-hydrogen) atoms. The molecule has 0 saturated heterocycles. The molecule has 2 aromatic rings. The van der Waals surface area contributed by atoms with Crippen molar-refractivity contribution in [2.75, 3.05) is 5.75 Å². The van der Waals surface area contributed by atoms with Crippen LogP contribution in [0.25, 0.3) is 0 Å². The SMILES string of the molecule is OC(CSc1ccc(Br)cc1)c1cc(F)ccc1Cl. The Labute approximate surface area is 128 Å². The predicted molar refractivity (Wildman–Crippen MR) is 81.2 cm³/mol. The fourth-order valence-corrected chi connectivity index (χ4v) is 2.93. The Morgan fingerprint density at radius 2 is 1.89 bits per heavy atom. The number of aliphatic hydroxyl groups excluding tert-OH is 1. The number of rotatable bonds is 4. The second-order valence-electron chi connectivity index (χ2n) is 3.95. The molecule has 0 aliphatic rings. The van der Waals surface area contributed by atoms with Crippen LogP contribution in [-0.2, 0) is 0 Å². The van der Waals surface area contributed by atoms with E-state index in [4.69, 9.17) is 11.6 Å². The van der Waals surface area contributed by atoms with E-state index in [1.807, 2.05) is 24.3 Å². The van der Waals surface area contributed by atoms with Crippen LogP contribution in [0.2, 0.25) is 5.02 Å². The van der Waals surface area contributed by atoms with E-state index < -0.39 is 11.9 Å². The molecule has 2 aromatic carbocycles. The Hall–Kier alpha value is -0.550. The third-order valence-electron chi connectivity index (χ3n) is 2.54. The van der Waals surface area contributed by atoms with Gasteiger partial charge in [-0.05, 0) is 42.5 Å². The van der Waals surface area contributed by atoms with Crippen molar-refractivity contribution in [3.05, 3.63) is 63.3 Å². The second kappa shape index (κ2) is 6.75. The highest BCUT2D eigenvalue weighted by atomic mass is 79.9. The summed E-state index contributed by atoms with van der Waals surface area (Å²) in [6, 6.07) is 11.8. The van der Waals surface area contributed by atoms with Gasteiger partial charge in [0.15, 0.2) is 0 Å². The van der Waals surface area contributed by atoms with E-state index in [1.165, 1.54) is 30.0 Å². The first kappa shape index (κ1) is 14.9. The topological polar surface area (TPSA) is 20.2 Å². The van der Waals surface area contributed by atoms with E-state index in [0.717, 1.165) is 9.37 Å². The zero-order chi connectivity index (χ0) is 13.8. The van der Waals surface area contributed by atoms with Gasteiger partial charge in [-0.15, -0.1) is 11.8 Å². The van der Waals surface area contributed by atoms with Crippen LogP contribution in [0.5, 0.6) is 0 Å². The highest BCUT2D eigenvalue weighted by Gasteiger charge is 2.13. The maximum absolute atomic E-state index is 13.1. The van der Waals surface area contributed by atoms with Gasteiger partial charge in [0.05, 0.1) is 6.10 Å². The molecule has 0 radical (unpaired) electrons. The van der Waals surface area contributed by atoms with Crippen LogP contribution in [-0.4, -0.2) is 10.9 Å². The molecule has 1 nitrogen and oxygen atoms in total. The van der Waals surface area contributed by atoms with Gasteiger partial charge >= 0.3 is 0 Å². The summed E-state index contributed by atoms with van der Waals surface area (Å²) in [5.74, 6) is 0.0252. The highest BCUT2D eigenvalue weighted by molar-refractivity contribution is 9.10. The molecule has 0 aliphatic heterocycles. The Balaban J connectivity index is 2.03. The van der Waals surface area contributed by atoms with Crippen LogP contribution in [0, 0.1) is 5.82 Å². The van der Waals surface area contributed by atoms with E-state index in [9.17, 15) is 9.50 Å². The number of hydrogen-bond acceptors (Lipinski definition) is 2. The fraction of sp³-hybridized carbons (Fsp3) is 0.143. The average molecular weight is 362 g/mol. The number of halogens is 3. The summed E-state index contributed by atoms with van der Waals surface area (Å²) in [5.41, 5.74) is 0.422. The van der Waals surface area contributed by atoms with E-state index >= 15 is 0 Å². The van der Waals surface area contributed by atoms with Crippen LogP contribution in [0.1, 0.15) is 11.7 Å². The molecule has 0 amide bonds. The third-order valence-corrected chi connectivity index (χ3v) is 4.50. The van der Waals surface area contributed by atoms with E-state index in [1.54, 1.807) is 0 Å². The van der Waals surface area contributed by atoms with Gasteiger partial charge in [0.2, 0.25) is 0 Å². The van der Waals surface area contributed by atoms with Gasteiger partial charge in [-0.1, -0.05) is 27.5 Å². The smallest absolute Gasteiger partial charge is 0.123 e. The van der Waals surface area contributed by atoms with Crippen molar-refractivity contribution in [2.45, 2.75) is 11.0 Å². The predicted octanol–water partition coefficient (Wildman–Crippen LogP) is 5.07. The van der Waals surface area contributed by atoms with Gasteiger partial charge in [-0.2, -0.15) is 0 Å². The molecule has 0 aromatic heterocycles. The number of thioether (sulfide) groups is 1. The summed E-state index contributed by atoms with van der Waals surface area (Å²) in [5, 5.41) is 10.4. The lowest BCUT2D eigenvalue weighted by molar-refractivity contribution is 0.203. The molecule has 100 valence electrons. The van der Waals surface area contributed by atoms with Crippen molar-refractivity contribution in [3.63, 3.8) is 0 Å². The molecular formula is C14H11BrClFOS. The molecule has 1 N–H and O–H groups in total. The number of aliphatic hydroxyl groups is 1. The Bertz CT molecular complexity index is 562. The molecule has 0 heterocycles. The van der Waals surface area contributed by atoms with Gasteiger partial charge in [0, 0.05) is 25.7 Å². The van der Waals surface area contributed by atoms with Crippen LogP contribution >= 0.6 is 39.3 Å². The Morgan fingerprint density at radius 3 is 2.58 bits per heavy atom. The van der Waals surface area contributed by atoms with Gasteiger partial charge in [0.25, 0.3) is 0 Å².